The van der Waals surface area contributed by atoms with Gasteiger partial charge in [-0.2, -0.15) is 5.01 Å². The number of rotatable bonds is 7. The lowest BCUT2D eigenvalue weighted by molar-refractivity contribution is 0.155. The minimum absolute atomic E-state index is 0.0184. The number of carbonyl (C=O) groups is 1. The van der Waals surface area contributed by atoms with Crippen LogP contribution in [0.25, 0.3) is 0 Å². The molecule has 0 fully saturated rings. The van der Waals surface area contributed by atoms with Gasteiger partial charge in [0.25, 0.3) is 0 Å². The van der Waals surface area contributed by atoms with Crippen molar-refractivity contribution in [2.75, 3.05) is 17.4 Å². The lowest BCUT2D eigenvalue weighted by atomic mass is 10.2. The van der Waals surface area contributed by atoms with Crippen molar-refractivity contribution in [2.24, 2.45) is 5.29 Å². The molecule has 0 saturated carbocycles. The summed E-state index contributed by atoms with van der Waals surface area (Å²) >= 11 is 0. The van der Waals surface area contributed by atoms with Gasteiger partial charge in [0.15, 0.2) is 0 Å². The number of amides is 1. The molecule has 0 aliphatic rings. The van der Waals surface area contributed by atoms with E-state index in [9.17, 15) is 14.1 Å². The van der Waals surface area contributed by atoms with Crippen LogP contribution in [0, 0.1) is 10.7 Å². The number of halogens is 1. The van der Waals surface area contributed by atoms with Gasteiger partial charge in [-0.3, -0.25) is 5.32 Å². The van der Waals surface area contributed by atoms with Crippen molar-refractivity contribution in [1.29, 1.82) is 0 Å². The first kappa shape index (κ1) is 19.8. The Balaban J connectivity index is 1.60. The van der Waals surface area contributed by atoms with Gasteiger partial charge in [-0.25, -0.2) is 9.18 Å². The number of hydrogen-bond donors (Lipinski definition) is 1. The summed E-state index contributed by atoms with van der Waals surface area (Å²) in [6.07, 6.45) is -0.650. The smallest absolute Gasteiger partial charge is 0.411 e. The predicted molar refractivity (Wildman–Crippen MR) is 108 cm³/mol. The minimum Gasteiger partial charge on any atom is -0.497 e. The van der Waals surface area contributed by atoms with Crippen LogP contribution in [-0.2, 0) is 11.3 Å². The molecule has 0 aromatic heterocycles. The van der Waals surface area contributed by atoms with Crippen LogP contribution in [0.15, 0.2) is 78.1 Å². The first-order chi connectivity index (χ1) is 14.1. The summed E-state index contributed by atoms with van der Waals surface area (Å²) < 4.78 is 23.1. The van der Waals surface area contributed by atoms with Crippen molar-refractivity contribution >= 4 is 23.2 Å². The third kappa shape index (κ3) is 5.29. The fourth-order valence-corrected chi connectivity index (χ4v) is 2.54. The van der Waals surface area contributed by atoms with E-state index in [1.54, 1.807) is 55.6 Å². The number of hydrogen-bond acceptors (Lipinski definition) is 5. The Morgan fingerprint density at radius 1 is 0.966 bits per heavy atom. The van der Waals surface area contributed by atoms with Gasteiger partial charge >= 0.3 is 6.09 Å². The summed E-state index contributed by atoms with van der Waals surface area (Å²) in [6, 6.07) is 19.1. The molecular formula is C21H18FN3O4. The highest BCUT2D eigenvalue weighted by atomic mass is 19.1. The highest BCUT2D eigenvalue weighted by Gasteiger charge is 2.11. The molecule has 0 spiro atoms. The van der Waals surface area contributed by atoms with Crippen molar-refractivity contribution in [3.8, 4) is 5.75 Å². The normalized spacial score (nSPS) is 10.1. The second-order valence-corrected chi connectivity index (χ2v) is 5.97. The van der Waals surface area contributed by atoms with Gasteiger partial charge in [0.05, 0.1) is 23.8 Å². The number of nitroso groups, excluding NO2 is 1. The number of carbonyl (C=O) groups excluding carboxylic acids is 1. The molecular weight excluding hydrogens is 377 g/mol. The Hall–Kier alpha value is -3.94. The van der Waals surface area contributed by atoms with Gasteiger partial charge in [0.1, 0.15) is 18.2 Å². The number of benzene rings is 3. The fraction of sp³-hybridized carbons (Fsp3) is 0.0952. The maximum absolute atomic E-state index is 12.9. The molecule has 0 unspecified atom stereocenters. The third-order valence-corrected chi connectivity index (χ3v) is 4.04. The van der Waals surface area contributed by atoms with Gasteiger partial charge in [-0.1, -0.05) is 12.1 Å². The van der Waals surface area contributed by atoms with Crippen LogP contribution >= 0.6 is 0 Å². The number of anilines is 3. The van der Waals surface area contributed by atoms with E-state index in [-0.39, 0.29) is 12.4 Å². The first-order valence-electron chi connectivity index (χ1n) is 8.65. The van der Waals surface area contributed by atoms with Crippen LogP contribution in [-0.4, -0.2) is 13.2 Å². The Morgan fingerprint density at radius 2 is 1.55 bits per heavy atom. The van der Waals surface area contributed by atoms with Crippen LogP contribution in [0.1, 0.15) is 5.56 Å². The van der Waals surface area contributed by atoms with E-state index in [4.69, 9.17) is 9.47 Å². The molecule has 1 N–H and O–H groups in total. The SMILES string of the molecule is COc1ccc(N(N=O)c2ccc(NC(=O)OCc3ccc(F)cc3)cc2)cc1. The fourth-order valence-electron chi connectivity index (χ4n) is 2.54. The summed E-state index contributed by atoms with van der Waals surface area (Å²) in [7, 11) is 1.56. The van der Waals surface area contributed by atoms with Crippen LogP contribution in [0.2, 0.25) is 0 Å². The van der Waals surface area contributed by atoms with E-state index in [1.807, 2.05) is 0 Å². The molecule has 0 atom stereocenters. The molecule has 3 aromatic rings. The summed E-state index contributed by atoms with van der Waals surface area (Å²) in [4.78, 5) is 23.2. The Labute approximate surface area is 166 Å². The molecule has 7 nitrogen and oxygen atoms in total. The maximum Gasteiger partial charge on any atom is 0.411 e. The zero-order valence-corrected chi connectivity index (χ0v) is 15.5. The van der Waals surface area contributed by atoms with Gasteiger partial charge in [-0.15, -0.1) is 4.91 Å². The standard InChI is InChI=1S/C21H18FN3O4/c1-28-20-12-10-19(11-13-20)25(24-27)18-8-6-17(7-9-18)23-21(26)29-14-15-2-4-16(22)5-3-15/h2-13H,14H2,1H3,(H,23,26). The predicted octanol–water partition coefficient (Wildman–Crippen LogP) is 5.40. The van der Waals surface area contributed by atoms with Crippen LogP contribution in [0.5, 0.6) is 5.75 Å². The lowest BCUT2D eigenvalue weighted by Gasteiger charge is -2.16. The van der Waals surface area contributed by atoms with E-state index in [1.165, 1.54) is 29.3 Å². The minimum atomic E-state index is -0.650. The Morgan fingerprint density at radius 3 is 2.10 bits per heavy atom. The van der Waals surface area contributed by atoms with Crippen molar-refractivity contribution in [3.63, 3.8) is 0 Å². The number of nitrogens with zero attached hydrogens (tertiary/aromatic N) is 2. The van der Waals surface area contributed by atoms with Crippen molar-refractivity contribution in [2.45, 2.75) is 6.61 Å². The van der Waals surface area contributed by atoms with Gasteiger partial charge in [-0.05, 0) is 66.2 Å². The van der Waals surface area contributed by atoms with Gasteiger partial charge in [0, 0.05) is 5.69 Å². The Kier molecular flexibility index (Phi) is 6.36. The largest absolute Gasteiger partial charge is 0.497 e. The van der Waals surface area contributed by atoms with Crippen molar-refractivity contribution in [3.05, 3.63) is 89.1 Å². The van der Waals surface area contributed by atoms with Crippen molar-refractivity contribution in [1.82, 2.24) is 0 Å². The molecule has 3 rings (SSSR count). The molecule has 0 bridgehead atoms. The van der Waals surface area contributed by atoms with Gasteiger partial charge in [0.2, 0.25) is 0 Å². The Bertz CT molecular complexity index is 961. The molecule has 3 aromatic carbocycles. The average Bonchev–Trinajstić information content (AvgIpc) is 2.75. The summed E-state index contributed by atoms with van der Waals surface area (Å²) in [5.74, 6) is 0.310. The van der Waals surface area contributed by atoms with Crippen LogP contribution in [0.3, 0.4) is 0 Å². The van der Waals surface area contributed by atoms with E-state index in [0.29, 0.717) is 28.4 Å². The van der Waals surface area contributed by atoms with E-state index < -0.39 is 6.09 Å². The number of nitrogens with one attached hydrogen (secondary N) is 1. The topological polar surface area (TPSA) is 80.2 Å². The highest BCUT2D eigenvalue weighted by Crippen LogP contribution is 2.28. The molecule has 1 amide bonds. The molecule has 0 saturated heterocycles. The van der Waals surface area contributed by atoms with Crippen LogP contribution < -0.4 is 15.1 Å². The number of ether oxygens (including phenoxy) is 2. The third-order valence-electron chi connectivity index (χ3n) is 4.04. The average molecular weight is 395 g/mol. The zero-order valence-electron chi connectivity index (χ0n) is 15.5. The zero-order chi connectivity index (χ0) is 20.6. The highest BCUT2D eigenvalue weighted by molar-refractivity contribution is 5.85. The molecule has 148 valence electrons. The second kappa shape index (κ2) is 9.32. The molecule has 29 heavy (non-hydrogen) atoms. The summed E-state index contributed by atoms with van der Waals surface area (Å²) in [5.41, 5.74) is 2.25. The molecule has 0 aliphatic heterocycles. The lowest BCUT2D eigenvalue weighted by Crippen LogP contribution is -2.13. The van der Waals surface area contributed by atoms with E-state index in [0.717, 1.165) is 0 Å². The quantitative estimate of drug-likeness (QED) is 0.428. The summed E-state index contributed by atoms with van der Waals surface area (Å²) in [6.45, 7) is 0.0184. The second-order valence-electron chi connectivity index (χ2n) is 5.97. The summed E-state index contributed by atoms with van der Waals surface area (Å²) in [5, 5.41) is 6.85. The van der Waals surface area contributed by atoms with Gasteiger partial charge < -0.3 is 9.47 Å². The molecule has 0 radical (unpaired) electrons. The molecule has 8 heteroatoms. The number of methoxy groups -OCH3 is 1. The van der Waals surface area contributed by atoms with Crippen LogP contribution in [0.4, 0.5) is 26.2 Å². The molecule has 0 aliphatic carbocycles. The first-order valence-corrected chi connectivity index (χ1v) is 8.65. The monoisotopic (exact) mass is 395 g/mol. The van der Waals surface area contributed by atoms with E-state index in [2.05, 4.69) is 10.6 Å². The molecule has 0 heterocycles. The van der Waals surface area contributed by atoms with Crippen molar-refractivity contribution < 1.29 is 18.7 Å². The maximum atomic E-state index is 12.9. The van der Waals surface area contributed by atoms with E-state index >= 15 is 0 Å².